The zero-order valence-electron chi connectivity index (χ0n) is 11.9. The van der Waals surface area contributed by atoms with Crippen LogP contribution in [-0.2, 0) is 11.3 Å². The van der Waals surface area contributed by atoms with Gasteiger partial charge in [-0.15, -0.1) is 0 Å². The lowest BCUT2D eigenvalue weighted by Gasteiger charge is -2.52. The Hall–Kier alpha value is -0.900. The maximum absolute atomic E-state index is 10.9. The van der Waals surface area contributed by atoms with Crippen molar-refractivity contribution in [3.8, 4) is 0 Å². The van der Waals surface area contributed by atoms with Gasteiger partial charge >= 0.3 is 0 Å². The van der Waals surface area contributed by atoms with Crippen molar-refractivity contribution in [2.45, 2.75) is 49.9 Å². The first-order valence-corrected chi connectivity index (χ1v) is 7.84. The van der Waals surface area contributed by atoms with E-state index in [9.17, 15) is 5.11 Å². The minimum absolute atomic E-state index is 0.383. The lowest BCUT2D eigenvalue weighted by Crippen LogP contribution is -2.61. The minimum atomic E-state index is -0.410. The summed E-state index contributed by atoms with van der Waals surface area (Å²) >= 11 is 0. The molecule has 1 aliphatic carbocycles. The van der Waals surface area contributed by atoms with Gasteiger partial charge in [0.2, 0.25) is 0 Å². The summed E-state index contributed by atoms with van der Waals surface area (Å²) in [5.41, 5.74) is 0.952. The molecule has 3 fully saturated rings. The molecule has 108 valence electrons. The van der Waals surface area contributed by atoms with E-state index in [1.54, 1.807) is 0 Å². The summed E-state index contributed by atoms with van der Waals surface area (Å²) in [5, 5.41) is 10.9. The van der Waals surface area contributed by atoms with Crippen LogP contribution in [0.25, 0.3) is 0 Å². The van der Waals surface area contributed by atoms with Gasteiger partial charge in [-0.25, -0.2) is 0 Å². The Bertz CT molecular complexity index is 457. The first-order chi connectivity index (χ1) is 9.74. The highest BCUT2D eigenvalue weighted by atomic mass is 16.5. The Balaban J connectivity index is 1.53. The quantitative estimate of drug-likeness (QED) is 0.916. The predicted octanol–water partition coefficient (Wildman–Crippen LogP) is 2.19. The molecule has 3 heteroatoms. The second-order valence-corrected chi connectivity index (χ2v) is 6.79. The highest BCUT2D eigenvalue weighted by Gasteiger charge is 2.52. The van der Waals surface area contributed by atoms with Gasteiger partial charge in [0.05, 0.1) is 18.8 Å². The van der Waals surface area contributed by atoms with E-state index in [-0.39, 0.29) is 0 Å². The second-order valence-electron chi connectivity index (χ2n) is 6.79. The standard InChI is InChI=1S/C17H23NO2/c19-17(14-6-7-14)8-15-11-20-12-16(9-17)18(15)10-13-4-2-1-3-5-13/h1-5,14-16,19H,6-12H2. The number of aliphatic hydroxyl groups is 1. The lowest BCUT2D eigenvalue weighted by molar-refractivity contribution is -0.153. The number of fused-ring (bicyclic) bond motifs is 2. The van der Waals surface area contributed by atoms with Gasteiger partial charge in [0.1, 0.15) is 0 Å². The van der Waals surface area contributed by atoms with Crippen LogP contribution in [0.2, 0.25) is 0 Å². The number of hydrogen-bond acceptors (Lipinski definition) is 3. The van der Waals surface area contributed by atoms with E-state index in [4.69, 9.17) is 4.74 Å². The highest BCUT2D eigenvalue weighted by Crippen LogP contribution is 2.48. The Kier molecular flexibility index (Phi) is 3.09. The third-order valence-corrected chi connectivity index (χ3v) is 5.28. The summed E-state index contributed by atoms with van der Waals surface area (Å²) in [5.74, 6) is 0.560. The molecule has 1 saturated carbocycles. The van der Waals surface area contributed by atoms with Gasteiger partial charge in [0.25, 0.3) is 0 Å². The molecule has 2 unspecified atom stereocenters. The zero-order chi connectivity index (χ0) is 13.6. The fourth-order valence-corrected chi connectivity index (χ4v) is 4.09. The van der Waals surface area contributed by atoms with E-state index in [1.165, 1.54) is 18.4 Å². The Morgan fingerprint density at radius 1 is 1.10 bits per heavy atom. The van der Waals surface area contributed by atoms with Gasteiger partial charge in [-0.3, -0.25) is 4.90 Å². The van der Waals surface area contributed by atoms with Crippen LogP contribution in [0.5, 0.6) is 0 Å². The van der Waals surface area contributed by atoms with Crippen molar-refractivity contribution in [2.24, 2.45) is 5.92 Å². The number of nitrogens with zero attached hydrogens (tertiary/aromatic N) is 1. The molecule has 4 rings (SSSR count). The van der Waals surface area contributed by atoms with Crippen LogP contribution in [-0.4, -0.2) is 40.9 Å². The molecule has 3 aliphatic rings. The van der Waals surface area contributed by atoms with E-state index in [0.717, 1.165) is 32.6 Å². The third kappa shape index (κ3) is 2.28. The molecular weight excluding hydrogens is 250 g/mol. The molecule has 1 N–H and O–H groups in total. The van der Waals surface area contributed by atoms with Gasteiger partial charge in [0, 0.05) is 18.6 Å². The Morgan fingerprint density at radius 3 is 2.35 bits per heavy atom. The predicted molar refractivity (Wildman–Crippen MR) is 77.3 cm³/mol. The molecule has 2 heterocycles. The normalized spacial score (nSPS) is 37.9. The number of rotatable bonds is 3. The zero-order valence-corrected chi connectivity index (χ0v) is 11.9. The smallest absolute Gasteiger partial charge is 0.0707 e. The number of morpholine rings is 1. The summed E-state index contributed by atoms with van der Waals surface area (Å²) in [6.07, 6.45) is 4.22. The average molecular weight is 273 g/mol. The molecule has 2 aliphatic heterocycles. The van der Waals surface area contributed by atoms with Crippen LogP contribution < -0.4 is 0 Å². The number of piperidine rings is 1. The molecule has 2 bridgehead atoms. The molecule has 2 saturated heterocycles. The fraction of sp³-hybridized carbons (Fsp3) is 0.647. The van der Waals surface area contributed by atoms with Crippen molar-refractivity contribution in [2.75, 3.05) is 13.2 Å². The van der Waals surface area contributed by atoms with Crippen molar-refractivity contribution in [1.29, 1.82) is 0 Å². The largest absolute Gasteiger partial charge is 0.389 e. The van der Waals surface area contributed by atoms with Gasteiger partial charge in [-0.1, -0.05) is 30.3 Å². The van der Waals surface area contributed by atoms with Crippen LogP contribution in [0.15, 0.2) is 30.3 Å². The molecule has 0 aromatic heterocycles. The van der Waals surface area contributed by atoms with Crippen LogP contribution >= 0.6 is 0 Å². The molecule has 0 radical (unpaired) electrons. The molecule has 2 atom stereocenters. The summed E-state index contributed by atoms with van der Waals surface area (Å²) < 4.78 is 5.75. The topological polar surface area (TPSA) is 32.7 Å². The van der Waals surface area contributed by atoms with E-state index >= 15 is 0 Å². The van der Waals surface area contributed by atoms with Crippen LogP contribution in [0, 0.1) is 5.92 Å². The van der Waals surface area contributed by atoms with Crippen molar-refractivity contribution >= 4 is 0 Å². The van der Waals surface area contributed by atoms with Crippen molar-refractivity contribution in [3.63, 3.8) is 0 Å². The third-order valence-electron chi connectivity index (χ3n) is 5.28. The average Bonchev–Trinajstić information content (AvgIpc) is 3.26. The number of hydrogen-bond donors (Lipinski definition) is 1. The molecule has 1 aromatic carbocycles. The first kappa shape index (κ1) is 12.8. The highest BCUT2D eigenvalue weighted by molar-refractivity contribution is 5.16. The van der Waals surface area contributed by atoms with E-state index in [1.807, 2.05) is 0 Å². The van der Waals surface area contributed by atoms with Gasteiger partial charge in [0.15, 0.2) is 0 Å². The van der Waals surface area contributed by atoms with E-state index in [2.05, 4.69) is 35.2 Å². The fourth-order valence-electron chi connectivity index (χ4n) is 4.09. The summed E-state index contributed by atoms with van der Waals surface area (Å²) in [6.45, 7) is 2.54. The molecule has 1 aromatic rings. The molecule has 3 nitrogen and oxygen atoms in total. The Morgan fingerprint density at radius 2 is 1.75 bits per heavy atom. The van der Waals surface area contributed by atoms with Gasteiger partial charge < -0.3 is 9.84 Å². The minimum Gasteiger partial charge on any atom is -0.389 e. The van der Waals surface area contributed by atoms with Crippen LogP contribution in [0.1, 0.15) is 31.2 Å². The Labute approximate surface area is 120 Å². The monoisotopic (exact) mass is 273 g/mol. The second kappa shape index (κ2) is 4.83. The van der Waals surface area contributed by atoms with Gasteiger partial charge in [-0.2, -0.15) is 0 Å². The van der Waals surface area contributed by atoms with Crippen molar-refractivity contribution in [1.82, 2.24) is 4.90 Å². The summed E-state index contributed by atoms with van der Waals surface area (Å²) in [6, 6.07) is 11.4. The van der Waals surface area contributed by atoms with E-state index in [0.29, 0.717) is 18.0 Å². The molecular formula is C17H23NO2. The van der Waals surface area contributed by atoms with Crippen molar-refractivity contribution < 1.29 is 9.84 Å². The maximum atomic E-state index is 10.9. The van der Waals surface area contributed by atoms with Crippen LogP contribution in [0.4, 0.5) is 0 Å². The summed E-state index contributed by atoms with van der Waals surface area (Å²) in [4.78, 5) is 2.57. The first-order valence-electron chi connectivity index (χ1n) is 7.84. The number of ether oxygens (including phenoxy) is 1. The van der Waals surface area contributed by atoms with E-state index < -0.39 is 5.60 Å². The van der Waals surface area contributed by atoms with Crippen molar-refractivity contribution in [3.05, 3.63) is 35.9 Å². The molecule has 0 amide bonds. The molecule has 0 spiro atoms. The SMILES string of the molecule is OC1(C2CC2)CC2COCC(C1)N2Cc1ccccc1. The summed E-state index contributed by atoms with van der Waals surface area (Å²) in [7, 11) is 0. The lowest BCUT2D eigenvalue weighted by atomic mass is 9.78. The number of benzene rings is 1. The maximum Gasteiger partial charge on any atom is 0.0707 e. The van der Waals surface area contributed by atoms with Gasteiger partial charge in [-0.05, 0) is 37.2 Å². The molecule has 20 heavy (non-hydrogen) atoms. The van der Waals surface area contributed by atoms with Crippen LogP contribution in [0.3, 0.4) is 0 Å².